The zero-order valence-corrected chi connectivity index (χ0v) is 12.9. The van der Waals surface area contributed by atoms with Crippen molar-refractivity contribution in [2.45, 2.75) is 45.3 Å². The minimum Gasteiger partial charge on any atom is -0.392 e. The largest absolute Gasteiger partial charge is 0.392 e. The fourth-order valence-electron chi connectivity index (χ4n) is 3.17. The van der Waals surface area contributed by atoms with E-state index in [1.165, 1.54) is 0 Å². The molecule has 1 amide bonds. The molecule has 0 spiro atoms. The molecule has 2 heterocycles. The summed E-state index contributed by atoms with van der Waals surface area (Å²) in [5.74, 6) is 0.227. The number of nitrogens with zero attached hydrogens (tertiary/aromatic N) is 3. The number of amides is 1. The number of rotatable bonds is 3. The molecule has 1 atom stereocenters. The quantitative estimate of drug-likeness (QED) is 0.814. The smallest absolute Gasteiger partial charge is 0.236 e. The fourth-order valence-corrected chi connectivity index (χ4v) is 3.17. The molecule has 0 aromatic carbocycles. The van der Waals surface area contributed by atoms with Crippen LogP contribution in [0.4, 0.5) is 0 Å². The molecule has 0 saturated carbocycles. The lowest BCUT2D eigenvalue weighted by atomic mass is 10.1. The molecule has 1 unspecified atom stereocenters. The van der Waals surface area contributed by atoms with Gasteiger partial charge in [-0.05, 0) is 39.7 Å². The zero-order valence-electron chi connectivity index (χ0n) is 12.9. The van der Waals surface area contributed by atoms with Crippen molar-refractivity contribution in [3.05, 3.63) is 0 Å². The van der Waals surface area contributed by atoms with Crippen LogP contribution in [0.1, 0.15) is 33.1 Å². The summed E-state index contributed by atoms with van der Waals surface area (Å²) in [6.45, 7) is 10.3. The van der Waals surface area contributed by atoms with Gasteiger partial charge in [-0.15, -0.1) is 0 Å². The highest BCUT2D eigenvalue weighted by molar-refractivity contribution is 5.78. The lowest BCUT2D eigenvalue weighted by molar-refractivity contribution is -0.133. The number of hydrogen-bond acceptors (Lipinski definition) is 4. The van der Waals surface area contributed by atoms with Crippen LogP contribution in [0.15, 0.2) is 0 Å². The van der Waals surface area contributed by atoms with Gasteiger partial charge in [0.15, 0.2) is 0 Å². The molecule has 2 saturated heterocycles. The standard InChI is InChI=1S/C15H29N3O2/c1-13(2)17-7-4-8-18(10-9-17)15(20)12-16-6-3-5-14(19)11-16/h13-14,19H,3-12H2,1-2H3. The number of piperidine rings is 1. The van der Waals surface area contributed by atoms with Crippen LogP contribution < -0.4 is 0 Å². The molecule has 0 bridgehead atoms. The van der Waals surface area contributed by atoms with Gasteiger partial charge in [-0.1, -0.05) is 0 Å². The molecule has 116 valence electrons. The van der Waals surface area contributed by atoms with Gasteiger partial charge in [0.25, 0.3) is 0 Å². The van der Waals surface area contributed by atoms with Gasteiger partial charge in [-0.2, -0.15) is 0 Å². The van der Waals surface area contributed by atoms with E-state index in [2.05, 4.69) is 23.6 Å². The van der Waals surface area contributed by atoms with E-state index >= 15 is 0 Å². The van der Waals surface area contributed by atoms with E-state index in [0.717, 1.165) is 52.0 Å². The Labute approximate surface area is 122 Å². The van der Waals surface area contributed by atoms with Gasteiger partial charge < -0.3 is 10.0 Å². The number of aliphatic hydroxyl groups excluding tert-OH is 1. The molecule has 2 aliphatic heterocycles. The van der Waals surface area contributed by atoms with Gasteiger partial charge in [0, 0.05) is 38.8 Å². The first-order chi connectivity index (χ1) is 9.56. The maximum atomic E-state index is 12.4. The Kier molecular flexibility index (Phi) is 5.81. The molecule has 0 aliphatic carbocycles. The average Bonchev–Trinajstić information content (AvgIpc) is 2.64. The molecule has 0 aromatic rings. The Balaban J connectivity index is 1.80. The van der Waals surface area contributed by atoms with Gasteiger partial charge in [0.2, 0.25) is 5.91 Å². The van der Waals surface area contributed by atoms with Crippen molar-refractivity contribution < 1.29 is 9.90 Å². The summed E-state index contributed by atoms with van der Waals surface area (Å²) in [5.41, 5.74) is 0. The first kappa shape index (κ1) is 15.7. The molecular weight excluding hydrogens is 254 g/mol. The average molecular weight is 283 g/mol. The van der Waals surface area contributed by atoms with E-state index in [1.807, 2.05) is 4.90 Å². The maximum absolute atomic E-state index is 12.4. The molecule has 2 fully saturated rings. The topological polar surface area (TPSA) is 47.0 Å². The van der Waals surface area contributed by atoms with Crippen LogP contribution in [0.3, 0.4) is 0 Å². The third-order valence-electron chi connectivity index (χ3n) is 4.45. The van der Waals surface area contributed by atoms with Gasteiger partial charge in [-0.25, -0.2) is 0 Å². The van der Waals surface area contributed by atoms with Crippen LogP contribution >= 0.6 is 0 Å². The predicted octanol–water partition coefficient (Wildman–Crippen LogP) is 0.386. The monoisotopic (exact) mass is 283 g/mol. The molecule has 5 nitrogen and oxygen atoms in total. The molecule has 5 heteroatoms. The highest BCUT2D eigenvalue weighted by Gasteiger charge is 2.24. The molecule has 0 aromatic heterocycles. The molecule has 2 rings (SSSR count). The molecule has 2 aliphatic rings. The SMILES string of the molecule is CC(C)N1CCCN(C(=O)CN2CCCC(O)C2)CC1. The molecule has 0 radical (unpaired) electrons. The van der Waals surface area contributed by atoms with Crippen LogP contribution in [-0.4, -0.2) is 83.7 Å². The van der Waals surface area contributed by atoms with Crippen molar-refractivity contribution in [2.75, 3.05) is 45.8 Å². The van der Waals surface area contributed by atoms with Gasteiger partial charge in [-0.3, -0.25) is 14.6 Å². The van der Waals surface area contributed by atoms with Crippen molar-refractivity contribution in [3.8, 4) is 0 Å². The number of β-amino-alcohol motifs (C(OH)–C–C–N with tert-alkyl or cyclic N) is 1. The van der Waals surface area contributed by atoms with E-state index in [1.54, 1.807) is 0 Å². The Bertz CT molecular complexity index is 322. The fraction of sp³-hybridized carbons (Fsp3) is 0.933. The maximum Gasteiger partial charge on any atom is 0.236 e. The molecular formula is C15H29N3O2. The van der Waals surface area contributed by atoms with Gasteiger partial charge in [0.1, 0.15) is 0 Å². The number of carbonyl (C=O) groups is 1. The molecule has 1 N–H and O–H groups in total. The number of likely N-dealkylation sites (tertiary alicyclic amines) is 1. The van der Waals surface area contributed by atoms with Crippen molar-refractivity contribution in [1.29, 1.82) is 0 Å². The summed E-state index contributed by atoms with van der Waals surface area (Å²) in [6, 6.07) is 0.558. The van der Waals surface area contributed by atoms with Crippen LogP contribution in [0, 0.1) is 0 Å². The minimum absolute atomic E-state index is 0.227. The van der Waals surface area contributed by atoms with E-state index in [4.69, 9.17) is 0 Å². The summed E-state index contributed by atoms with van der Waals surface area (Å²) in [5, 5.41) is 9.67. The normalized spacial score (nSPS) is 26.8. The lowest BCUT2D eigenvalue weighted by Gasteiger charge is -2.31. The van der Waals surface area contributed by atoms with Crippen molar-refractivity contribution >= 4 is 5.91 Å². The lowest BCUT2D eigenvalue weighted by Crippen LogP contribution is -2.46. The Morgan fingerprint density at radius 2 is 1.95 bits per heavy atom. The summed E-state index contributed by atoms with van der Waals surface area (Å²) in [6.07, 6.45) is 2.68. The summed E-state index contributed by atoms with van der Waals surface area (Å²) in [7, 11) is 0. The number of aliphatic hydroxyl groups is 1. The van der Waals surface area contributed by atoms with E-state index < -0.39 is 0 Å². The van der Waals surface area contributed by atoms with Crippen LogP contribution in [0.25, 0.3) is 0 Å². The van der Waals surface area contributed by atoms with Crippen molar-refractivity contribution in [1.82, 2.24) is 14.7 Å². The predicted molar refractivity (Wildman–Crippen MR) is 79.6 cm³/mol. The first-order valence-electron chi connectivity index (χ1n) is 7.98. The van der Waals surface area contributed by atoms with E-state index in [-0.39, 0.29) is 12.0 Å². The highest BCUT2D eigenvalue weighted by atomic mass is 16.3. The highest BCUT2D eigenvalue weighted by Crippen LogP contribution is 2.11. The Morgan fingerprint density at radius 1 is 1.15 bits per heavy atom. The van der Waals surface area contributed by atoms with Gasteiger partial charge in [0.05, 0.1) is 12.6 Å². The summed E-state index contributed by atoms with van der Waals surface area (Å²) in [4.78, 5) is 18.9. The minimum atomic E-state index is -0.253. The second-order valence-corrected chi connectivity index (χ2v) is 6.40. The second kappa shape index (κ2) is 7.38. The number of hydrogen-bond donors (Lipinski definition) is 1. The second-order valence-electron chi connectivity index (χ2n) is 6.40. The van der Waals surface area contributed by atoms with E-state index in [0.29, 0.717) is 19.1 Å². The van der Waals surface area contributed by atoms with Crippen molar-refractivity contribution in [3.63, 3.8) is 0 Å². The number of carbonyl (C=O) groups excluding carboxylic acids is 1. The zero-order chi connectivity index (χ0) is 14.5. The van der Waals surface area contributed by atoms with Crippen LogP contribution in [0.2, 0.25) is 0 Å². The summed E-state index contributed by atoms with van der Waals surface area (Å²) < 4.78 is 0. The van der Waals surface area contributed by atoms with Crippen molar-refractivity contribution in [2.24, 2.45) is 0 Å². The molecule has 20 heavy (non-hydrogen) atoms. The Morgan fingerprint density at radius 3 is 2.65 bits per heavy atom. The third kappa shape index (κ3) is 4.43. The first-order valence-corrected chi connectivity index (χ1v) is 7.98. The Hall–Kier alpha value is -0.650. The van der Waals surface area contributed by atoms with Crippen LogP contribution in [-0.2, 0) is 4.79 Å². The van der Waals surface area contributed by atoms with E-state index in [9.17, 15) is 9.90 Å². The summed E-state index contributed by atoms with van der Waals surface area (Å²) >= 11 is 0. The van der Waals surface area contributed by atoms with Crippen LogP contribution in [0.5, 0.6) is 0 Å². The third-order valence-corrected chi connectivity index (χ3v) is 4.45. The van der Waals surface area contributed by atoms with Gasteiger partial charge >= 0.3 is 0 Å².